The van der Waals surface area contributed by atoms with Crippen LogP contribution in [-0.2, 0) is 9.53 Å². The number of fused-ring (bicyclic) bond motifs is 2. The molecule has 2 aliphatic carbocycles. The number of hydrogen-bond donors (Lipinski definition) is 1. The van der Waals surface area contributed by atoms with Gasteiger partial charge in [0, 0.05) is 11.5 Å². The molecule has 1 aliphatic heterocycles. The number of ether oxygens (including phenoxy) is 1. The van der Waals surface area contributed by atoms with Gasteiger partial charge in [0.2, 0.25) is 0 Å². The first-order valence-electron chi connectivity index (χ1n) is 6.70. The van der Waals surface area contributed by atoms with Gasteiger partial charge in [-0.1, -0.05) is 12.2 Å². The highest BCUT2D eigenvalue weighted by Crippen LogP contribution is 2.51. The monoisotopic (exact) mass is 248 g/mol. The van der Waals surface area contributed by atoms with E-state index in [1.807, 2.05) is 6.92 Å². The van der Waals surface area contributed by atoms with Gasteiger partial charge in [-0.25, -0.2) is 4.79 Å². The van der Waals surface area contributed by atoms with Crippen LogP contribution < -0.4 is 0 Å². The van der Waals surface area contributed by atoms with Crippen molar-refractivity contribution >= 4 is 5.97 Å². The third-order valence-electron chi connectivity index (χ3n) is 5.12. The average molecular weight is 248 g/mol. The SMILES string of the molecule is C=C1C(=O)OC2C=C(C)C3CC[C@](C)(O)C3CC12. The Balaban J connectivity index is 1.99. The van der Waals surface area contributed by atoms with E-state index in [2.05, 4.69) is 19.6 Å². The summed E-state index contributed by atoms with van der Waals surface area (Å²) in [5.74, 6) is 0.421. The van der Waals surface area contributed by atoms with Crippen molar-refractivity contribution in [2.45, 2.75) is 44.8 Å². The third-order valence-corrected chi connectivity index (χ3v) is 5.12. The highest BCUT2D eigenvalue weighted by Gasteiger charge is 2.50. The molecular weight excluding hydrogens is 228 g/mol. The molecule has 3 rings (SSSR count). The van der Waals surface area contributed by atoms with Gasteiger partial charge in [-0.15, -0.1) is 0 Å². The molecule has 1 N–H and O–H groups in total. The molecule has 0 radical (unpaired) electrons. The van der Waals surface area contributed by atoms with Crippen molar-refractivity contribution in [1.82, 2.24) is 0 Å². The zero-order valence-corrected chi connectivity index (χ0v) is 11.0. The molecule has 0 aromatic heterocycles. The Kier molecular flexibility index (Phi) is 2.46. The number of carbonyl (C=O) groups is 1. The summed E-state index contributed by atoms with van der Waals surface area (Å²) in [7, 11) is 0. The zero-order chi connectivity index (χ0) is 13.1. The van der Waals surface area contributed by atoms with Crippen LogP contribution in [0.15, 0.2) is 23.8 Å². The minimum atomic E-state index is -0.624. The summed E-state index contributed by atoms with van der Waals surface area (Å²) in [5.41, 5.74) is 1.21. The number of allylic oxidation sites excluding steroid dienone is 1. The smallest absolute Gasteiger partial charge is 0.334 e. The molecule has 0 amide bonds. The van der Waals surface area contributed by atoms with E-state index in [1.165, 1.54) is 5.57 Å². The van der Waals surface area contributed by atoms with Crippen LogP contribution in [0.1, 0.15) is 33.1 Å². The summed E-state index contributed by atoms with van der Waals surface area (Å²) < 4.78 is 5.36. The van der Waals surface area contributed by atoms with Crippen LogP contribution in [-0.4, -0.2) is 22.8 Å². The van der Waals surface area contributed by atoms with Crippen LogP contribution in [0, 0.1) is 17.8 Å². The van der Waals surface area contributed by atoms with E-state index in [9.17, 15) is 9.90 Å². The van der Waals surface area contributed by atoms with E-state index in [0.717, 1.165) is 19.3 Å². The maximum Gasteiger partial charge on any atom is 0.334 e. The predicted octanol–water partition coefficient (Wildman–Crippen LogP) is 2.21. The van der Waals surface area contributed by atoms with Crippen molar-refractivity contribution in [3.05, 3.63) is 23.8 Å². The molecule has 18 heavy (non-hydrogen) atoms. The van der Waals surface area contributed by atoms with Crippen molar-refractivity contribution < 1.29 is 14.6 Å². The molecule has 3 nitrogen and oxygen atoms in total. The molecule has 0 spiro atoms. The lowest BCUT2D eigenvalue weighted by Gasteiger charge is -2.30. The van der Waals surface area contributed by atoms with Gasteiger partial charge in [-0.05, 0) is 51.0 Å². The number of hydrogen-bond acceptors (Lipinski definition) is 3. The molecule has 0 aromatic rings. The van der Waals surface area contributed by atoms with Gasteiger partial charge in [0.1, 0.15) is 6.10 Å². The van der Waals surface area contributed by atoms with Gasteiger partial charge in [-0.3, -0.25) is 0 Å². The minimum absolute atomic E-state index is 0.0482. The van der Waals surface area contributed by atoms with Crippen molar-refractivity contribution in [1.29, 1.82) is 0 Å². The van der Waals surface area contributed by atoms with Gasteiger partial charge < -0.3 is 9.84 Å². The van der Waals surface area contributed by atoms with Gasteiger partial charge in [-0.2, -0.15) is 0 Å². The normalized spacial score (nSPS) is 47.2. The van der Waals surface area contributed by atoms with Gasteiger partial charge in [0.15, 0.2) is 0 Å². The maximum atomic E-state index is 11.6. The Labute approximate surface area is 108 Å². The molecule has 0 aromatic carbocycles. The van der Waals surface area contributed by atoms with Crippen LogP contribution in [0.3, 0.4) is 0 Å². The highest BCUT2D eigenvalue weighted by molar-refractivity contribution is 5.91. The summed E-state index contributed by atoms with van der Waals surface area (Å²) in [6.45, 7) is 7.88. The van der Waals surface area contributed by atoms with Crippen molar-refractivity contribution in [2.24, 2.45) is 17.8 Å². The quantitative estimate of drug-likeness (QED) is 0.406. The fourth-order valence-electron chi connectivity index (χ4n) is 3.94. The van der Waals surface area contributed by atoms with Crippen LogP contribution in [0.5, 0.6) is 0 Å². The lowest BCUT2D eigenvalue weighted by molar-refractivity contribution is -0.137. The van der Waals surface area contributed by atoms with Gasteiger partial charge >= 0.3 is 5.97 Å². The topological polar surface area (TPSA) is 46.5 Å². The first-order chi connectivity index (χ1) is 8.40. The lowest BCUT2D eigenvalue weighted by Crippen LogP contribution is -2.33. The maximum absolute atomic E-state index is 11.6. The van der Waals surface area contributed by atoms with Crippen molar-refractivity contribution in [3.63, 3.8) is 0 Å². The van der Waals surface area contributed by atoms with Crippen LogP contribution in [0.4, 0.5) is 0 Å². The number of esters is 1. The lowest BCUT2D eigenvalue weighted by atomic mass is 9.78. The Bertz CT molecular complexity index is 447. The largest absolute Gasteiger partial charge is 0.454 e. The molecule has 3 heteroatoms. The molecule has 3 aliphatic rings. The van der Waals surface area contributed by atoms with Crippen LogP contribution in [0.2, 0.25) is 0 Å². The summed E-state index contributed by atoms with van der Waals surface area (Å²) in [5, 5.41) is 10.5. The Morgan fingerprint density at radius 2 is 2.22 bits per heavy atom. The highest BCUT2D eigenvalue weighted by atomic mass is 16.5. The van der Waals surface area contributed by atoms with E-state index >= 15 is 0 Å². The second kappa shape index (κ2) is 3.70. The molecule has 5 atom stereocenters. The van der Waals surface area contributed by atoms with E-state index in [-0.39, 0.29) is 23.9 Å². The molecule has 1 heterocycles. The third kappa shape index (κ3) is 1.57. The van der Waals surface area contributed by atoms with Gasteiger partial charge in [0.05, 0.1) is 5.60 Å². The fraction of sp³-hybridized carbons (Fsp3) is 0.667. The van der Waals surface area contributed by atoms with Crippen molar-refractivity contribution in [3.8, 4) is 0 Å². The average Bonchev–Trinajstić information content (AvgIpc) is 2.65. The molecular formula is C15H20O3. The first kappa shape index (κ1) is 12.0. The predicted molar refractivity (Wildman–Crippen MR) is 67.7 cm³/mol. The Morgan fingerprint density at radius 3 is 2.94 bits per heavy atom. The molecule has 0 bridgehead atoms. The zero-order valence-electron chi connectivity index (χ0n) is 11.0. The van der Waals surface area contributed by atoms with E-state index in [4.69, 9.17) is 4.74 Å². The summed E-state index contributed by atoms with van der Waals surface area (Å²) in [6, 6.07) is 0. The Hall–Kier alpha value is -1.09. The summed E-state index contributed by atoms with van der Waals surface area (Å²) in [4.78, 5) is 11.6. The molecule has 1 saturated carbocycles. The van der Waals surface area contributed by atoms with Crippen molar-refractivity contribution in [2.75, 3.05) is 0 Å². The van der Waals surface area contributed by atoms with Crippen LogP contribution in [0.25, 0.3) is 0 Å². The second-order valence-corrected chi connectivity index (χ2v) is 6.26. The number of carbonyl (C=O) groups excluding carboxylic acids is 1. The summed E-state index contributed by atoms with van der Waals surface area (Å²) in [6.07, 6.45) is 4.59. The molecule has 1 saturated heterocycles. The minimum Gasteiger partial charge on any atom is -0.454 e. The number of aliphatic hydroxyl groups is 1. The second-order valence-electron chi connectivity index (χ2n) is 6.26. The summed E-state index contributed by atoms with van der Waals surface area (Å²) >= 11 is 0. The molecule has 98 valence electrons. The van der Waals surface area contributed by atoms with Gasteiger partial charge in [0.25, 0.3) is 0 Å². The Morgan fingerprint density at radius 1 is 1.50 bits per heavy atom. The van der Waals surface area contributed by atoms with E-state index in [1.54, 1.807) is 0 Å². The molecule has 4 unspecified atom stereocenters. The van der Waals surface area contributed by atoms with E-state index < -0.39 is 5.60 Å². The van der Waals surface area contributed by atoms with E-state index in [0.29, 0.717) is 11.5 Å². The fourth-order valence-corrected chi connectivity index (χ4v) is 3.94. The first-order valence-corrected chi connectivity index (χ1v) is 6.70. The molecule has 2 fully saturated rings. The van der Waals surface area contributed by atoms with Crippen LogP contribution >= 0.6 is 0 Å². The number of rotatable bonds is 0. The standard InChI is InChI=1S/C15H20O3/c1-8-6-13-11(9(2)14(16)18-13)7-12-10(8)4-5-15(12,3)17/h6,10-13,17H,2,4-5,7H2,1,3H3/t10?,11?,12?,13?,15-/m0/s1.